The number of methoxy groups -OCH3 is 1. The summed E-state index contributed by atoms with van der Waals surface area (Å²) in [5.74, 6) is 0.756. The fraction of sp³-hybridized carbons (Fsp3) is 0.0909. The van der Waals surface area contributed by atoms with E-state index in [2.05, 4.69) is 25.9 Å². The average molecular weight is 350 g/mol. The van der Waals surface area contributed by atoms with E-state index in [1.165, 1.54) is 13.3 Å². The molecule has 0 unspecified atom stereocenters. The molecule has 0 aliphatic carbocycles. The third-order valence-corrected chi connectivity index (χ3v) is 3.07. The monoisotopic (exact) mass is 348 g/mol. The second kappa shape index (κ2) is 5.73. The lowest BCUT2D eigenvalue weighted by atomic mass is 10.3. The molecule has 0 spiro atoms. The molecule has 0 atom stereocenters. The number of hydrogen-bond acceptors (Lipinski definition) is 4. The van der Waals surface area contributed by atoms with E-state index in [1.807, 2.05) is 0 Å². The van der Waals surface area contributed by atoms with Gasteiger partial charge in [-0.05, 0) is 28.1 Å². The Balaban J connectivity index is 2.31. The Hall–Kier alpha value is -1.04. The number of halogens is 3. The summed E-state index contributed by atoms with van der Waals surface area (Å²) in [6.45, 7) is 0. The van der Waals surface area contributed by atoms with Crippen LogP contribution in [-0.4, -0.2) is 17.1 Å². The first-order valence-corrected chi connectivity index (χ1v) is 6.34. The van der Waals surface area contributed by atoms with Gasteiger partial charge in [0.2, 0.25) is 5.88 Å². The fourth-order valence-corrected chi connectivity index (χ4v) is 1.85. The van der Waals surface area contributed by atoms with Gasteiger partial charge in [0.05, 0.1) is 22.8 Å². The zero-order valence-corrected chi connectivity index (χ0v) is 12.3. The molecule has 0 radical (unpaired) electrons. The third kappa shape index (κ3) is 3.04. The van der Waals surface area contributed by atoms with Gasteiger partial charge in [0.1, 0.15) is 0 Å². The molecule has 1 aromatic carbocycles. The second-order valence-corrected chi connectivity index (χ2v) is 4.88. The van der Waals surface area contributed by atoms with E-state index in [0.717, 1.165) is 0 Å². The van der Waals surface area contributed by atoms with Crippen LogP contribution in [0.4, 0.5) is 0 Å². The average Bonchev–Trinajstić information content (AvgIpc) is 2.36. The van der Waals surface area contributed by atoms with Crippen molar-refractivity contribution in [3.05, 3.63) is 38.9 Å². The van der Waals surface area contributed by atoms with E-state index in [1.54, 1.807) is 18.2 Å². The minimum Gasteiger partial charge on any atom is -0.480 e. The lowest BCUT2D eigenvalue weighted by Gasteiger charge is -2.07. The van der Waals surface area contributed by atoms with E-state index in [-0.39, 0.29) is 6.01 Å². The molecule has 94 valence electrons. The third-order valence-electron chi connectivity index (χ3n) is 1.98. The zero-order chi connectivity index (χ0) is 13.1. The highest BCUT2D eigenvalue weighted by atomic mass is 79.9. The van der Waals surface area contributed by atoms with Gasteiger partial charge in [-0.15, -0.1) is 0 Å². The maximum absolute atomic E-state index is 5.97. The molecule has 0 fully saturated rings. The summed E-state index contributed by atoms with van der Waals surface area (Å²) < 4.78 is 11.1. The summed E-state index contributed by atoms with van der Waals surface area (Å²) in [5.41, 5.74) is 0. The molecular formula is C11H7BrCl2N2O2. The molecule has 7 heteroatoms. The molecule has 0 bridgehead atoms. The first-order valence-electron chi connectivity index (χ1n) is 4.79. The topological polar surface area (TPSA) is 44.2 Å². The fourth-order valence-electron chi connectivity index (χ4n) is 1.18. The van der Waals surface area contributed by atoms with Crippen LogP contribution >= 0.6 is 39.1 Å². The van der Waals surface area contributed by atoms with Gasteiger partial charge in [0.15, 0.2) is 5.75 Å². The summed E-state index contributed by atoms with van der Waals surface area (Å²) in [6.07, 6.45) is 1.53. The molecule has 0 aliphatic heterocycles. The summed E-state index contributed by atoms with van der Waals surface area (Å²) in [7, 11) is 1.50. The van der Waals surface area contributed by atoms with E-state index in [4.69, 9.17) is 32.7 Å². The Morgan fingerprint density at radius 3 is 2.78 bits per heavy atom. The van der Waals surface area contributed by atoms with Crippen LogP contribution in [-0.2, 0) is 0 Å². The number of rotatable bonds is 3. The Kier molecular flexibility index (Phi) is 4.27. The summed E-state index contributed by atoms with van der Waals surface area (Å²) in [5, 5.41) is 0.934. The van der Waals surface area contributed by atoms with Crippen LogP contribution in [0, 0.1) is 0 Å². The van der Waals surface area contributed by atoms with Gasteiger partial charge < -0.3 is 9.47 Å². The van der Waals surface area contributed by atoms with Crippen molar-refractivity contribution in [1.82, 2.24) is 9.97 Å². The molecule has 0 N–H and O–H groups in total. The van der Waals surface area contributed by atoms with Gasteiger partial charge in [-0.1, -0.05) is 23.2 Å². The highest BCUT2D eigenvalue weighted by molar-refractivity contribution is 9.10. The minimum absolute atomic E-state index is 0.124. The number of hydrogen-bond donors (Lipinski definition) is 0. The molecule has 1 heterocycles. The van der Waals surface area contributed by atoms with Crippen molar-refractivity contribution in [3.8, 4) is 17.6 Å². The van der Waals surface area contributed by atoms with Crippen molar-refractivity contribution < 1.29 is 9.47 Å². The van der Waals surface area contributed by atoms with Crippen LogP contribution in [0.15, 0.2) is 28.9 Å². The lowest BCUT2D eigenvalue weighted by molar-refractivity contribution is 0.373. The second-order valence-electron chi connectivity index (χ2n) is 3.19. The standard InChI is InChI=1S/C11H7BrCl2N2O2/c1-17-10-7(12)5-15-11(16-10)18-9-4-6(13)2-3-8(9)14/h2-5H,1H3. The Bertz CT molecular complexity index is 581. The Morgan fingerprint density at radius 1 is 1.28 bits per heavy atom. The van der Waals surface area contributed by atoms with Gasteiger partial charge >= 0.3 is 6.01 Å². The molecule has 0 saturated heterocycles. The number of nitrogens with zero attached hydrogens (tertiary/aromatic N) is 2. The van der Waals surface area contributed by atoms with E-state index in [9.17, 15) is 0 Å². The van der Waals surface area contributed by atoms with Crippen molar-refractivity contribution >= 4 is 39.1 Å². The van der Waals surface area contributed by atoms with Gasteiger partial charge in [-0.2, -0.15) is 4.98 Å². The minimum atomic E-state index is 0.124. The van der Waals surface area contributed by atoms with Crippen LogP contribution in [0.5, 0.6) is 17.6 Å². The number of benzene rings is 1. The summed E-state index contributed by atoms with van der Waals surface area (Å²) in [6, 6.07) is 5.01. The molecule has 0 aliphatic rings. The first kappa shape index (κ1) is 13.4. The smallest absolute Gasteiger partial charge is 0.325 e. The molecule has 1 aromatic heterocycles. The van der Waals surface area contributed by atoms with E-state index in [0.29, 0.717) is 26.1 Å². The number of ether oxygens (including phenoxy) is 2. The van der Waals surface area contributed by atoms with Crippen molar-refractivity contribution in [2.75, 3.05) is 7.11 Å². The molecular weight excluding hydrogens is 343 g/mol. The normalized spacial score (nSPS) is 10.2. The molecule has 0 amide bonds. The molecule has 0 saturated carbocycles. The van der Waals surface area contributed by atoms with Gasteiger partial charge in [-0.3, -0.25) is 0 Å². The quantitative estimate of drug-likeness (QED) is 0.826. The van der Waals surface area contributed by atoms with Crippen LogP contribution in [0.3, 0.4) is 0 Å². The molecule has 2 rings (SSSR count). The van der Waals surface area contributed by atoms with Crippen molar-refractivity contribution in [3.63, 3.8) is 0 Å². The predicted octanol–water partition coefficient (Wildman–Crippen LogP) is 4.35. The Labute approximate surface area is 122 Å². The van der Waals surface area contributed by atoms with Crippen LogP contribution in [0.2, 0.25) is 10.0 Å². The maximum atomic E-state index is 5.97. The largest absolute Gasteiger partial charge is 0.480 e. The van der Waals surface area contributed by atoms with Crippen molar-refractivity contribution in [2.45, 2.75) is 0 Å². The van der Waals surface area contributed by atoms with Gasteiger partial charge in [0.25, 0.3) is 0 Å². The van der Waals surface area contributed by atoms with Crippen LogP contribution in [0.25, 0.3) is 0 Å². The van der Waals surface area contributed by atoms with Crippen LogP contribution in [0.1, 0.15) is 0 Å². The first-order chi connectivity index (χ1) is 8.60. The van der Waals surface area contributed by atoms with Gasteiger partial charge in [0, 0.05) is 11.1 Å². The lowest BCUT2D eigenvalue weighted by Crippen LogP contribution is -1.96. The molecule has 18 heavy (non-hydrogen) atoms. The number of aromatic nitrogens is 2. The van der Waals surface area contributed by atoms with E-state index >= 15 is 0 Å². The SMILES string of the molecule is COc1nc(Oc2cc(Cl)ccc2Cl)ncc1Br. The highest BCUT2D eigenvalue weighted by Crippen LogP contribution is 2.31. The van der Waals surface area contributed by atoms with Crippen molar-refractivity contribution in [1.29, 1.82) is 0 Å². The van der Waals surface area contributed by atoms with Gasteiger partial charge in [-0.25, -0.2) is 4.98 Å². The predicted molar refractivity (Wildman–Crippen MR) is 72.8 cm³/mol. The summed E-state index contributed by atoms with van der Waals surface area (Å²) in [4.78, 5) is 8.04. The molecule has 4 nitrogen and oxygen atoms in total. The molecule has 2 aromatic rings. The summed E-state index contributed by atoms with van der Waals surface area (Å²) >= 11 is 15.1. The Morgan fingerprint density at radius 2 is 2.06 bits per heavy atom. The van der Waals surface area contributed by atoms with Crippen LogP contribution < -0.4 is 9.47 Å². The highest BCUT2D eigenvalue weighted by Gasteiger charge is 2.09. The van der Waals surface area contributed by atoms with E-state index < -0.39 is 0 Å². The zero-order valence-electron chi connectivity index (χ0n) is 9.15. The van der Waals surface area contributed by atoms with Crippen molar-refractivity contribution in [2.24, 2.45) is 0 Å². The maximum Gasteiger partial charge on any atom is 0.325 e.